The molecule has 0 bridgehead atoms. The van der Waals surface area contributed by atoms with E-state index in [0.29, 0.717) is 24.5 Å². The molecule has 20 heavy (non-hydrogen) atoms. The zero-order chi connectivity index (χ0) is 14.9. The van der Waals surface area contributed by atoms with E-state index >= 15 is 0 Å². The number of aryl methyl sites for hydroxylation is 1. The molecule has 6 heteroatoms. The minimum absolute atomic E-state index is 0.238. The van der Waals surface area contributed by atoms with Crippen molar-refractivity contribution in [2.45, 2.75) is 31.3 Å². The van der Waals surface area contributed by atoms with Gasteiger partial charge in [-0.3, -0.25) is 0 Å². The second-order valence-electron chi connectivity index (χ2n) is 5.50. The third-order valence-electron chi connectivity index (χ3n) is 4.02. The van der Waals surface area contributed by atoms with E-state index in [9.17, 15) is 8.42 Å². The first-order chi connectivity index (χ1) is 9.36. The van der Waals surface area contributed by atoms with Crippen molar-refractivity contribution >= 4 is 10.0 Å². The van der Waals surface area contributed by atoms with Crippen molar-refractivity contribution in [2.24, 2.45) is 5.73 Å². The lowest BCUT2D eigenvalue weighted by Crippen LogP contribution is -2.51. The maximum atomic E-state index is 12.7. The molecular formula is C14H23N3O2S. The Morgan fingerprint density at radius 2 is 2.05 bits per heavy atom. The van der Waals surface area contributed by atoms with Crippen LogP contribution in [-0.2, 0) is 16.6 Å². The summed E-state index contributed by atoms with van der Waals surface area (Å²) in [5.41, 5.74) is 7.30. The van der Waals surface area contributed by atoms with Crippen molar-refractivity contribution < 1.29 is 8.42 Å². The number of piperazine rings is 1. The summed E-state index contributed by atoms with van der Waals surface area (Å²) in [6.07, 6.45) is 0. The van der Waals surface area contributed by atoms with Crippen molar-refractivity contribution in [1.82, 2.24) is 9.21 Å². The maximum absolute atomic E-state index is 12.7. The number of benzene rings is 1. The molecule has 112 valence electrons. The van der Waals surface area contributed by atoms with Gasteiger partial charge in [-0.05, 0) is 38.1 Å². The predicted octanol–water partition coefficient (Wildman–Crippen LogP) is 0.778. The van der Waals surface area contributed by atoms with E-state index in [1.807, 2.05) is 27.0 Å². The molecule has 1 aromatic rings. The van der Waals surface area contributed by atoms with Gasteiger partial charge in [0, 0.05) is 32.2 Å². The van der Waals surface area contributed by atoms with Crippen LogP contribution in [0.5, 0.6) is 0 Å². The van der Waals surface area contributed by atoms with Crippen LogP contribution in [0, 0.1) is 6.92 Å². The Morgan fingerprint density at radius 1 is 1.35 bits per heavy atom. The summed E-state index contributed by atoms with van der Waals surface area (Å²) < 4.78 is 27.1. The van der Waals surface area contributed by atoms with E-state index in [2.05, 4.69) is 4.90 Å². The van der Waals surface area contributed by atoms with E-state index < -0.39 is 10.0 Å². The lowest BCUT2D eigenvalue weighted by molar-refractivity contribution is 0.159. The lowest BCUT2D eigenvalue weighted by atomic mass is 10.1. The molecular weight excluding hydrogens is 274 g/mol. The van der Waals surface area contributed by atoms with Crippen LogP contribution in [0.3, 0.4) is 0 Å². The summed E-state index contributed by atoms with van der Waals surface area (Å²) in [5, 5.41) is 0. The van der Waals surface area contributed by atoms with Gasteiger partial charge >= 0.3 is 0 Å². The molecule has 1 saturated heterocycles. The van der Waals surface area contributed by atoms with Gasteiger partial charge in [0.1, 0.15) is 0 Å². The minimum atomic E-state index is -3.41. The van der Waals surface area contributed by atoms with Crippen LogP contribution in [0.2, 0.25) is 0 Å². The van der Waals surface area contributed by atoms with Crippen LogP contribution in [0.15, 0.2) is 23.1 Å². The number of rotatable bonds is 3. The normalized spacial score (nSPS) is 22.1. The number of sulfonamides is 1. The highest BCUT2D eigenvalue weighted by Crippen LogP contribution is 2.23. The summed E-state index contributed by atoms with van der Waals surface area (Å²) in [6, 6.07) is 5.56. The Morgan fingerprint density at radius 3 is 2.60 bits per heavy atom. The maximum Gasteiger partial charge on any atom is 0.243 e. The number of likely N-dealkylation sites (N-methyl/N-ethyl adjacent to an activating group) is 1. The third kappa shape index (κ3) is 2.88. The highest BCUT2D eigenvalue weighted by Gasteiger charge is 2.31. The summed E-state index contributed by atoms with van der Waals surface area (Å²) >= 11 is 0. The highest BCUT2D eigenvalue weighted by atomic mass is 32.2. The molecule has 1 unspecified atom stereocenters. The molecule has 0 spiro atoms. The smallest absolute Gasteiger partial charge is 0.243 e. The molecule has 1 atom stereocenters. The van der Waals surface area contributed by atoms with Crippen LogP contribution >= 0.6 is 0 Å². The molecule has 1 aliphatic heterocycles. The Balaban J connectivity index is 2.31. The number of nitrogens with two attached hydrogens (primary N) is 1. The summed E-state index contributed by atoms with van der Waals surface area (Å²) in [4.78, 5) is 2.57. The van der Waals surface area contributed by atoms with Gasteiger partial charge in [0.05, 0.1) is 4.90 Å². The van der Waals surface area contributed by atoms with Crippen LogP contribution in [0.4, 0.5) is 0 Å². The summed E-state index contributed by atoms with van der Waals surface area (Å²) in [6.45, 7) is 6.14. The van der Waals surface area contributed by atoms with Crippen molar-refractivity contribution in [3.05, 3.63) is 29.3 Å². The molecule has 5 nitrogen and oxygen atoms in total. The van der Waals surface area contributed by atoms with Gasteiger partial charge in [-0.15, -0.1) is 0 Å². The number of hydrogen-bond acceptors (Lipinski definition) is 4. The molecule has 0 aromatic heterocycles. The first-order valence-electron chi connectivity index (χ1n) is 6.86. The Labute approximate surface area is 121 Å². The summed E-state index contributed by atoms with van der Waals surface area (Å²) in [7, 11) is -1.38. The lowest BCUT2D eigenvalue weighted by Gasteiger charge is -2.37. The second-order valence-corrected chi connectivity index (χ2v) is 7.40. The highest BCUT2D eigenvalue weighted by molar-refractivity contribution is 7.89. The fraction of sp³-hybridized carbons (Fsp3) is 0.571. The van der Waals surface area contributed by atoms with Gasteiger partial charge < -0.3 is 10.6 Å². The largest absolute Gasteiger partial charge is 0.326 e. The first-order valence-corrected chi connectivity index (χ1v) is 8.30. The molecule has 1 aromatic carbocycles. The molecule has 0 amide bonds. The van der Waals surface area contributed by atoms with E-state index in [1.165, 1.54) is 0 Å². The molecule has 1 heterocycles. The Bertz CT molecular complexity index is 586. The van der Waals surface area contributed by atoms with Crippen LogP contribution < -0.4 is 5.73 Å². The van der Waals surface area contributed by atoms with Crippen molar-refractivity contribution in [3.63, 3.8) is 0 Å². The first kappa shape index (κ1) is 15.4. The van der Waals surface area contributed by atoms with Crippen LogP contribution in [-0.4, -0.2) is 50.3 Å². The van der Waals surface area contributed by atoms with Gasteiger partial charge in [-0.1, -0.05) is 12.1 Å². The van der Waals surface area contributed by atoms with Crippen molar-refractivity contribution in [3.8, 4) is 0 Å². The second kappa shape index (κ2) is 5.81. The van der Waals surface area contributed by atoms with Gasteiger partial charge in [0.15, 0.2) is 0 Å². The fourth-order valence-electron chi connectivity index (χ4n) is 2.50. The number of hydrogen-bond donors (Lipinski definition) is 1. The van der Waals surface area contributed by atoms with Crippen molar-refractivity contribution in [1.29, 1.82) is 0 Å². The molecule has 1 fully saturated rings. The molecule has 0 saturated carbocycles. The quantitative estimate of drug-likeness (QED) is 0.895. The van der Waals surface area contributed by atoms with E-state index in [4.69, 9.17) is 5.73 Å². The molecule has 0 aliphatic carbocycles. The van der Waals surface area contributed by atoms with Gasteiger partial charge in [-0.2, -0.15) is 4.31 Å². The van der Waals surface area contributed by atoms with E-state index in [1.54, 1.807) is 16.4 Å². The topological polar surface area (TPSA) is 66.6 Å². The standard InChI is InChI=1S/C14H23N3O2S/c1-11-8-13(9-15)4-5-14(11)20(18,19)17-7-6-16(3)12(2)10-17/h4-5,8,12H,6-7,9-10,15H2,1-3H3. The number of nitrogens with zero attached hydrogens (tertiary/aromatic N) is 2. The zero-order valence-electron chi connectivity index (χ0n) is 12.3. The Hall–Kier alpha value is -0.950. The molecule has 1 aliphatic rings. The SMILES string of the molecule is Cc1cc(CN)ccc1S(=O)(=O)N1CCN(C)C(C)C1. The predicted molar refractivity (Wildman–Crippen MR) is 79.9 cm³/mol. The van der Waals surface area contributed by atoms with Gasteiger partial charge in [0.2, 0.25) is 10.0 Å². The van der Waals surface area contributed by atoms with Crippen molar-refractivity contribution in [2.75, 3.05) is 26.7 Å². The fourth-order valence-corrected chi connectivity index (χ4v) is 4.22. The average molecular weight is 297 g/mol. The van der Waals surface area contributed by atoms with E-state index in [-0.39, 0.29) is 6.04 Å². The third-order valence-corrected chi connectivity index (χ3v) is 6.04. The van der Waals surface area contributed by atoms with Crippen LogP contribution in [0.1, 0.15) is 18.1 Å². The van der Waals surface area contributed by atoms with Gasteiger partial charge in [0.25, 0.3) is 0 Å². The monoisotopic (exact) mass is 297 g/mol. The molecule has 0 radical (unpaired) electrons. The Kier molecular flexibility index (Phi) is 4.49. The average Bonchev–Trinajstić information content (AvgIpc) is 2.41. The molecule has 2 rings (SSSR count). The zero-order valence-corrected chi connectivity index (χ0v) is 13.2. The molecule has 2 N–H and O–H groups in total. The minimum Gasteiger partial charge on any atom is -0.326 e. The summed E-state index contributed by atoms with van der Waals surface area (Å²) in [5.74, 6) is 0. The van der Waals surface area contributed by atoms with Crippen LogP contribution in [0.25, 0.3) is 0 Å². The van der Waals surface area contributed by atoms with E-state index in [0.717, 1.165) is 17.7 Å². The van der Waals surface area contributed by atoms with Gasteiger partial charge in [-0.25, -0.2) is 8.42 Å².